The Bertz CT molecular complexity index is 479. The third-order valence-electron chi connectivity index (χ3n) is 2.33. The molecule has 0 radical (unpaired) electrons. The van der Waals surface area contributed by atoms with E-state index < -0.39 is 10.8 Å². The van der Waals surface area contributed by atoms with Gasteiger partial charge in [0.1, 0.15) is 0 Å². The maximum absolute atomic E-state index is 12.1. The van der Waals surface area contributed by atoms with E-state index >= 15 is 0 Å². The Morgan fingerprint density at radius 1 is 0.875 bits per heavy atom. The predicted molar refractivity (Wildman–Crippen MR) is 65.4 cm³/mol. The van der Waals surface area contributed by atoms with Crippen molar-refractivity contribution >= 4 is 10.8 Å². The molecule has 0 aliphatic rings. The molecular formula is C13H13NOS. The molecule has 1 atom stereocenters. The molecule has 0 saturated heterocycles. The van der Waals surface area contributed by atoms with Crippen LogP contribution in [-0.2, 0) is 17.3 Å². The molecule has 1 unspecified atom stereocenters. The normalized spacial score (nSPS) is 12.3. The average Bonchev–Trinajstić information content (AvgIpc) is 2.39. The van der Waals surface area contributed by atoms with Gasteiger partial charge in [0.05, 0.1) is 10.8 Å². The Balaban J connectivity index is 2.28. The Hall–Kier alpha value is -1.45. The van der Waals surface area contributed by atoms with Gasteiger partial charge in [-0.1, -0.05) is 30.3 Å². The predicted octanol–water partition coefficient (Wildman–Crippen LogP) is 2.31. The standard InChI is InChI=1S/C13H13NOS/c14-10-11-6-8-13(9-7-11)16(15)12-4-2-1-3-5-12/h1-9H,10,14H2. The van der Waals surface area contributed by atoms with Gasteiger partial charge in [0.2, 0.25) is 0 Å². The smallest absolute Gasteiger partial charge is 0.0849 e. The van der Waals surface area contributed by atoms with Crippen molar-refractivity contribution in [1.29, 1.82) is 0 Å². The number of rotatable bonds is 3. The molecule has 0 heterocycles. The Morgan fingerprint density at radius 3 is 2.00 bits per heavy atom. The second kappa shape index (κ2) is 5.05. The van der Waals surface area contributed by atoms with Crippen molar-refractivity contribution in [3.05, 3.63) is 60.2 Å². The van der Waals surface area contributed by atoms with E-state index in [1.165, 1.54) is 0 Å². The van der Waals surface area contributed by atoms with Crippen molar-refractivity contribution in [3.63, 3.8) is 0 Å². The lowest BCUT2D eigenvalue weighted by molar-refractivity contribution is 0.683. The molecule has 0 amide bonds. The second-order valence-corrected chi connectivity index (χ2v) is 4.91. The summed E-state index contributed by atoms with van der Waals surface area (Å²) < 4.78 is 12.1. The molecule has 2 aromatic rings. The largest absolute Gasteiger partial charge is 0.326 e. The Morgan fingerprint density at radius 2 is 1.44 bits per heavy atom. The molecule has 16 heavy (non-hydrogen) atoms. The fourth-order valence-electron chi connectivity index (χ4n) is 1.43. The van der Waals surface area contributed by atoms with Crippen molar-refractivity contribution in [2.24, 2.45) is 5.73 Å². The summed E-state index contributed by atoms with van der Waals surface area (Å²) in [6.07, 6.45) is 0. The van der Waals surface area contributed by atoms with Gasteiger partial charge in [0.25, 0.3) is 0 Å². The minimum Gasteiger partial charge on any atom is -0.326 e. The van der Waals surface area contributed by atoms with Crippen LogP contribution in [0.2, 0.25) is 0 Å². The summed E-state index contributed by atoms with van der Waals surface area (Å²) in [5, 5.41) is 0. The molecule has 0 fully saturated rings. The van der Waals surface area contributed by atoms with Gasteiger partial charge in [-0.05, 0) is 29.8 Å². The second-order valence-electron chi connectivity index (χ2n) is 3.43. The first-order valence-electron chi connectivity index (χ1n) is 5.07. The number of hydrogen-bond acceptors (Lipinski definition) is 2. The van der Waals surface area contributed by atoms with Crippen LogP contribution in [-0.4, -0.2) is 4.21 Å². The summed E-state index contributed by atoms with van der Waals surface area (Å²) in [6.45, 7) is 0.512. The van der Waals surface area contributed by atoms with E-state index in [4.69, 9.17) is 5.73 Å². The van der Waals surface area contributed by atoms with Gasteiger partial charge < -0.3 is 5.73 Å². The molecule has 0 saturated carbocycles. The number of hydrogen-bond donors (Lipinski definition) is 1. The molecule has 2 aromatic carbocycles. The van der Waals surface area contributed by atoms with Gasteiger partial charge in [-0.25, -0.2) is 4.21 Å². The fourth-order valence-corrected chi connectivity index (χ4v) is 2.49. The number of nitrogens with two attached hydrogens (primary N) is 1. The SMILES string of the molecule is NCc1ccc(S(=O)c2ccccc2)cc1. The topological polar surface area (TPSA) is 43.1 Å². The van der Waals surface area contributed by atoms with E-state index in [1.807, 2.05) is 54.6 Å². The van der Waals surface area contributed by atoms with E-state index in [-0.39, 0.29) is 0 Å². The first-order chi connectivity index (χ1) is 7.81. The molecule has 2 nitrogen and oxygen atoms in total. The molecule has 0 spiro atoms. The van der Waals surface area contributed by atoms with Gasteiger partial charge in [-0.2, -0.15) is 0 Å². The van der Waals surface area contributed by atoms with E-state index in [0.29, 0.717) is 6.54 Å². The van der Waals surface area contributed by atoms with Crippen molar-refractivity contribution < 1.29 is 4.21 Å². The highest BCUT2D eigenvalue weighted by atomic mass is 32.2. The summed E-state index contributed by atoms with van der Waals surface area (Å²) in [7, 11) is -1.10. The van der Waals surface area contributed by atoms with Crippen LogP contribution < -0.4 is 5.73 Å². The lowest BCUT2D eigenvalue weighted by atomic mass is 10.2. The molecule has 0 bridgehead atoms. The molecule has 3 heteroatoms. The lowest BCUT2D eigenvalue weighted by Gasteiger charge is -2.03. The highest BCUT2D eigenvalue weighted by Gasteiger charge is 2.05. The van der Waals surface area contributed by atoms with Gasteiger partial charge in [-0.3, -0.25) is 0 Å². The minimum absolute atomic E-state index is 0.512. The summed E-state index contributed by atoms with van der Waals surface area (Å²) in [5.41, 5.74) is 6.56. The Kier molecular flexibility index (Phi) is 3.49. The van der Waals surface area contributed by atoms with Gasteiger partial charge in [0, 0.05) is 16.3 Å². The zero-order chi connectivity index (χ0) is 11.4. The van der Waals surface area contributed by atoms with Crippen molar-refractivity contribution in [2.45, 2.75) is 16.3 Å². The molecule has 0 aromatic heterocycles. The summed E-state index contributed by atoms with van der Waals surface area (Å²) in [5.74, 6) is 0. The van der Waals surface area contributed by atoms with Gasteiger partial charge >= 0.3 is 0 Å². The molecule has 82 valence electrons. The Labute approximate surface area is 97.6 Å². The van der Waals surface area contributed by atoms with Crippen molar-refractivity contribution in [1.82, 2.24) is 0 Å². The quantitative estimate of drug-likeness (QED) is 0.881. The van der Waals surface area contributed by atoms with Crippen LogP contribution in [0.25, 0.3) is 0 Å². The summed E-state index contributed by atoms with van der Waals surface area (Å²) in [6, 6.07) is 17.0. The van der Waals surface area contributed by atoms with Crippen LogP contribution in [0, 0.1) is 0 Å². The zero-order valence-corrected chi connectivity index (χ0v) is 9.61. The van der Waals surface area contributed by atoms with E-state index in [1.54, 1.807) is 0 Å². The zero-order valence-electron chi connectivity index (χ0n) is 8.80. The minimum atomic E-state index is -1.10. The van der Waals surface area contributed by atoms with E-state index in [0.717, 1.165) is 15.4 Å². The lowest BCUT2D eigenvalue weighted by Crippen LogP contribution is -1.97. The van der Waals surface area contributed by atoms with Crippen molar-refractivity contribution in [3.8, 4) is 0 Å². The third kappa shape index (κ3) is 2.38. The van der Waals surface area contributed by atoms with Gasteiger partial charge in [-0.15, -0.1) is 0 Å². The van der Waals surface area contributed by atoms with Crippen LogP contribution >= 0.6 is 0 Å². The third-order valence-corrected chi connectivity index (χ3v) is 3.73. The fraction of sp³-hybridized carbons (Fsp3) is 0.0769. The average molecular weight is 231 g/mol. The summed E-state index contributed by atoms with van der Waals surface area (Å²) >= 11 is 0. The van der Waals surface area contributed by atoms with Crippen LogP contribution in [0.5, 0.6) is 0 Å². The molecule has 2 N–H and O–H groups in total. The molecule has 2 rings (SSSR count). The van der Waals surface area contributed by atoms with E-state index in [2.05, 4.69) is 0 Å². The number of benzene rings is 2. The maximum atomic E-state index is 12.1. The molecule has 0 aliphatic heterocycles. The van der Waals surface area contributed by atoms with Gasteiger partial charge in [0.15, 0.2) is 0 Å². The molecule has 0 aliphatic carbocycles. The van der Waals surface area contributed by atoms with Crippen LogP contribution in [0.15, 0.2) is 64.4 Å². The maximum Gasteiger partial charge on any atom is 0.0849 e. The monoisotopic (exact) mass is 231 g/mol. The molecular weight excluding hydrogens is 218 g/mol. The van der Waals surface area contributed by atoms with E-state index in [9.17, 15) is 4.21 Å². The highest BCUT2D eigenvalue weighted by Crippen LogP contribution is 2.16. The summed E-state index contributed by atoms with van der Waals surface area (Å²) in [4.78, 5) is 1.63. The van der Waals surface area contributed by atoms with Crippen LogP contribution in [0.1, 0.15) is 5.56 Å². The van der Waals surface area contributed by atoms with Crippen LogP contribution in [0.3, 0.4) is 0 Å². The first kappa shape index (κ1) is 11.0. The van der Waals surface area contributed by atoms with Crippen molar-refractivity contribution in [2.75, 3.05) is 0 Å². The van der Waals surface area contributed by atoms with Crippen LogP contribution in [0.4, 0.5) is 0 Å². The highest BCUT2D eigenvalue weighted by molar-refractivity contribution is 7.85. The first-order valence-corrected chi connectivity index (χ1v) is 6.22.